The predicted molar refractivity (Wildman–Crippen MR) is 101 cm³/mol. The largest absolute Gasteiger partial charge is 0.356 e. The molecule has 8 nitrogen and oxygen atoms in total. The number of rotatable bonds is 5. The first kappa shape index (κ1) is 19.6. The van der Waals surface area contributed by atoms with E-state index >= 15 is 0 Å². The standard InChI is InChI=1S/C18H26N4O4S/c1-3-16(23)20-18(2)6-10-22(11-7-18)27(25,26)14-12-15(19-13-14)17(24)21-8-4-5-9-21/h3,12-13,19H,1,4-11H2,2H3,(H,20,23). The lowest BCUT2D eigenvalue weighted by Gasteiger charge is -2.39. The van der Waals surface area contributed by atoms with E-state index in [1.54, 1.807) is 4.90 Å². The number of carbonyl (C=O) groups is 2. The van der Waals surface area contributed by atoms with Gasteiger partial charge in [0, 0.05) is 37.9 Å². The number of aromatic amines is 1. The Labute approximate surface area is 159 Å². The molecule has 2 saturated heterocycles. The van der Waals surface area contributed by atoms with Crippen LogP contribution >= 0.6 is 0 Å². The fraction of sp³-hybridized carbons (Fsp3) is 0.556. The first-order valence-corrected chi connectivity index (χ1v) is 10.6. The van der Waals surface area contributed by atoms with E-state index in [0.717, 1.165) is 12.8 Å². The molecule has 2 amide bonds. The highest BCUT2D eigenvalue weighted by Crippen LogP contribution is 2.27. The molecule has 0 atom stereocenters. The average Bonchev–Trinajstić information content (AvgIpc) is 3.33. The lowest BCUT2D eigenvalue weighted by molar-refractivity contribution is -0.118. The van der Waals surface area contributed by atoms with Gasteiger partial charge in [0.05, 0.1) is 0 Å². The minimum Gasteiger partial charge on any atom is -0.356 e. The molecule has 27 heavy (non-hydrogen) atoms. The summed E-state index contributed by atoms with van der Waals surface area (Å²) in [5.41, 5.74) is -0.151. The Balaban J connectivity index is 1.68. The van der Waals surface area contributed by atoms with Crippen molar-refractivity contribution in [3.05, 3.63) is 30.6 Å². The van der Waals surface area contributed by atoms with Gasteiger partial charge in [-0.2, -0.15) is 4.31 Å². The van der Waals surface area contributed by atoms with E-state index in [1.165, 1.54) is 22.6 Å². The monoisotopic (exact) mass is 394 g/mol. The Hall–Kier alpha value is -2.13. The highest BCUT2D eigenvalue weighted by molar-refractivity contribution is 7.89. The van der Waals surface area contributed by atoms with Crippen LogP contribution in [0.1, 0.15) is 43.1 Å². The quantitative estimate of drug-likeness (QED) is 0.730. The molecular formula is C18H26N4O4S. The van der Waals surface area contributed by atoms with Crippen LogP contribution in [0.5, 0.6) is 0 Å². The molecule has 2 N–H and O–H groups in total. The summed E-state index contributed by atoms with van der Waals surface area (Å²) in [6, 6.07) is 1.42. The van der Waals surface area contributed by atoms with Crippen LogP contribution in [-0.4, -0.2) is 66.1 Å². The first-order chi connectivity index (χ1) is 12.7. The molecule has 148 valence electrons. The van der Waals surface area contributed by atoms with Crippen molar-refractivity contribution < 1.29 is 18.0 Å². The molecule has 2 fully saturated rings. The molecule has 0 aliphatic carbocycles. The van der Waals surface area contributed by atoms with Crippen molar-refractivity contribution in [3.8, 4) is 0 Å². The lowest BCUT2D eigenvalue weighted by atomic mass is 9.90. The zero-order valence-corrected chi connectivity index (χ0v) is 16.3. The van der Waals surface area contributed by atoms with Crippen molar-refractivity contribution in [1.82, 2.24) is 19.5 Å². The van der Waals surface area contributed by atoms with E-state index in [1.807, 2.05) is 6.92 Å². The second-order valence-electron chi connectivity index (χ2n) is 7.41. The van der Waals surface area contributed by atoms with Crippen molar-refractivity contribution in [2.45, 2.75) is 43.0 Å². The summed E-state index contributed by atoms with van der Waals surface area (Å²) >= 11 is 0. The van der Waals surface area contributed by atoms with Crippen molar-refractivity contribution in [2.75, 3.05) is 26.2 Å². The molecule has 9 heteroatoms. The number of carbonyl (C=O) groups excluding carboxylic acids is 2. The summed E-state index contributed by atoms with van der Waals surface area (Å²) < 4.78 is 27.2. The third kappa shape index (κ3) is 4.08. The molecule has 2 aliphatic rings. The van der Waals surface area contributed by atoms with Crippen LogP contribution in [0.2, 0.25) is 0 Å². The normalized spacial score (nSPS) is 20.4. The van der Waals surface area contributed by atoms with Gasteiger partial charge in [0.2, 0.25) is 15.9 Å². The molecule has 0 aromatic carbocycles. The van der Waals surface area contributed by atoms with Gasteiger partial charge >= 0.3 is 0 Å². The van der Waals surface area contributed by atoms with Crippen molar-refractivity contribution >= 4 is 21.8 Å². The van der Waals surface area contributed by atoms with E-state index < -0.39 is 15.6 Å². The predicted octanol–water partition coefficient (Wildman–Crippen LogP) is 1.10. The Morgan fingerprint density at radius 3 is 2.44 bits per heavy atom. The first-order valence-electron chi connectivity index (χ1n) is 9.18. The molecule has 0 spiro atoms. The lowest BCUT2D eigenvalue weighted by Crippen LogP contribution is -2.53. The van der Waals surface area contributed by atoms with Gasteiger partial charge in [-0.15, -0.1) is 0 Å². The summed E-state index contributed by atoms with van der Waals surface area (Å²) in [7, 11) is -3.68. The van der Waals surface area contributed by atoms with Gasteiger partial charge in [-0.3, -0.25) is 9.59 Å². The molecule has 0 radical (unpaired) electrons. The van der Waals surface area contributed by atoms with Crippen LogP contribution in [0.4, 0.5) is 0 Å². The van der Waals surface area contributed by atoms with Gasteiger partial charge in [0.1, 0.15) is 10.6 Å². The molecule has 1 aromatic heterocycles. The highest BCUT2D eigenvalue weighted by Gasteiger charge is 2.36. The van der Waals surface area contributed by atoms with Crippen LogP contribution in [0.3, 0.4) is 0 Å². The number of hydrogen-bond donors (Lipinski definition) is 2. The Morgan fingerprint density at radius 1 is 1.22 bits per heavy atom. The average molecular weight is 394 g/mol. The maximum atomic E-state index is 12.9. The van der Waals surface area contributed by atoms with Gasteiger partial charge in [0.25, 0.3) is 5.91 Å². The topological polar surface area (TPSA) is 103 Å². The molecule has 2 aliphatic heterocycles. The number of hydrogen-bond acceptors (Lipinski definition) is 4. The van der Waals surface area contributed by atoms with Crippen LogP contribution in [0, 0.1) is 0 Å². The van der Waals surface area contributed by atoms with Crippen LogP contribution in [0.25, 0.3) is 0 Å². The van der Waals surface area contributed by atoms with Gasteiger partial charge in [0.15, 0.2) is 0 Å². The van der Waals surface area contributed by atoms with E-state index in [0.29, 0.717) is 44.7 Å². The van der Waals surface area contributed by atoms with Crippen LogP contribution in [-0.2, 0) is 14.8 Å². The van der Waals surface area contributed by atoms with E-state index in [9.17, 15) is 18.0 Å². The van der Waals surface area contributed by atoms with Crippen LogP contribution in [0.15, 0.2) is 29.8 Å². The minimum atomic E-state index is -3.68. The minimum absolute atomic E-state index is 0.101. The second-order valence-corrected chi connectivity index (χ2v) is 9.34. The highest BCUT2D eigenvalue weighted by atomic mass is 32.2. The van der Waals surface area contributed by atoms with Crippen LogP contribution < -0.4 is 5.32 Å². The van der Waals surface area contributed by atoms with Crippen molar-refractivity contribution in [1.29, 1.82) is 0 Å². The fourth-order valence-electron chi connectivity index (χ4n) is 3.58. The smallest absolute Gasteiger partial charge is 0.270 e. The Kier molecular flexibility index (Phi) is 5.43. The number of nitrogens with one attached hydrogen (secondary N) is 2. The zero-order valence-electron chi connectivity index (χ0n) is 15.5. The van der Waals surface area contributed by atoms with Gasteiger partial charge in [-0.1, -0.05) is 6.58 Å². The number of sulfonamides is 1. The van der Waals surface area contributed by atoms with Gasteiger partial charge < -0.3 is 15.2 Å². The Bertz CT molecular complexity index is 831. The number of nitrogens with zero attached hydrogens (tertiary/aromatic N) is 2. The number of likely N-dealkylation sites (tertiary alicyclic amines) is 1. The van der Waals surface area contributed by atoms with E-state index in [-0.39, 0.29) is 16.7 Å². The summed E-state index contributed by atoms with van der Waals surface area (Å²) in [6.07, 6.45) is 5.57. The Morgan fingerprint density at radius 2 is 1.85 bits per heavy atom. The van der Waals surface area contributed by atoms with Crippen molar-refractivity contribution in [3.63, 3.8) is 0 Å². The summed E-state index contributed by atoms with van der Waals surface area (Å²) in [5, 5.41) is 2.87. The second kappa shape index (κ2) is 7.47. The van der Waals surface area contributed by atoms with E-state index in [2.05, 4.69) is 16.9 Å². The molecule has 1 aromatic rings. The number of piperidine rings is 1. The number of aromatic nitrogens is 1. The summed E-state index contributed by atoms with van der Waals surface area (Å²) in [5.74, 6) is -0.420. The van der Waals surface area contributed by atoms with E-state index in [4.69, 9.17) is 0 Å². The maximum Gasteiger partial charge on any atom is 0.270 e. The summed E-state index contributed by atoms with van der Waals surface area (Å²) in [6.45, 7) is 7.37. The molecule has 3 heterocycles. The summed E-state index contributed by atoms with van der Waals surface area (Å²) in [4.78, 5) is 28.6. The fourth-order valence-corrected chi connectivity index (χ4v) is 5.02. The number of amides is 2. The molecule has 0 bridgehead atoms. The molecule has 3 rings (SSSR count). The third-order valence-electron chi connectivity index (χ3n) is 5.35. The zero-order chi connectivity index (χ0) is 19.7. The van der Waals surface area contributed by atoms with Gasteiger partial charge in [-0.25, -0.2) is 8.42 Å². The molecule has 0 unspecified atom stereocenters. The maximum absolute atomic E-state index is 12.9. The van der Waals surface area contributed by atoms with Crippen molar-refractivity contribution in [2.24, 2.45) is 0 Å². The third-order valence-corrected chi connectivity index (χ3v) is 7.23. The molecular weight excluding hydrogens is 368 g/mol. The SMILES string of the molecule is C=CC(=O)NC1(C)CCN(S(=O)(=O)c2c[nH]c(C(=O)N3CCCC3)c2)CC1. The molecule has 0 saturated carbocycles. The number of H-pyrrole nitrogens is 1. The van der Waals surface area contributed by atoms with Gasteiger partial charge in [-0.05, 0) is 44.7 Å².